The third-order valence-electron chi connectivity index (χ3n) is 4.48. The Morgan fingerprint density at radius 2 is 2.00 bits per heavy atom. The number of halogens is 2. The van der Waals surface area contributed by atoms with E-state index in [-0.39, 0.29) is 35.9 Å². The summed E-state index contributed by atoms with van der Waals surface area (Å²) in [5.74, 6) is 0.0605. The molecule has 1 atom stereocenters. The SMILES string of the molecule is CCC(C)Oc1ccc(C(=O)Nc2ccc3c(c2F)CCNC3)cc1.Cl. The Kier molecular flexibility index (Phi) is 7.00. The lowest BCUT2D eigenvalue weighted by molar-refractivity contribution is 0.102. The summed E-state index contributed by atoms with van der Waals surface area (Å²) in [5.41, 5.74) is 2.34. The molecule has 1 unspecified atom stereocenters. The number of ether oxygens (including phenoxy) is 1. The zero-order valence-corrected chi connectivity index (χ0v) is 15.8. The first-order valence-electron chi connectivity index (χ1n) is 8.67. The van der Waals surface area contributed by atoms with Crippen LogP contribution in [0.25, 0.3) is 0 Å². The van der Waals surface area contributed by atoms with E-state index in [9.17, 15) is 9.18 Å². The highest BCUT2D eigenvalue weighted by molar-refractivity contribution is 6.04. The van der Waals surface area contributed by atoms with Gasteiger partial charge in [-0.3, -0.25) is 4.79 Å². The highest BCUT2D eigenvalue weighted by Crippen LogP contribution is 2.25. The average molecular weight is 379 g/mol. The third-order valence-corrected chi connectivity index (χ3v) is 4.48. The first-order chi connectivity index (χ1) is 12.1. The van der Waals surface area contributed by atoms with Crippen molar-refractivity contribution in [2.24, 2.45) is 0 Å². The van der Waals surface area contributed by atoms with E-state index in [4.69, 9.17) is 4.74 Å². The van der Waals surface area contributed by atoms with Crippen LogP contribution < -0.4 is 15.4 Å². The van der Waals surface area contributed by atoms with Gasteiger partial charge in [0.05, 0.1) is 11.8 Å². The standard InChI is InChI=1S/C20H23FN2O2.ClH/c1-3-13(2)25-16-7-4-14(5-8-16)20(24)23-18-9-6-15-12-22-11-10-17(15)19(18)21;/h4-9,13,22H,3,10-12H2,1-2H3,(H,23,24);1H. The van der Waals surface area contributed by atoms with Gasteiger partial charge in [0.15, 0.2) is 0 Å². The van der Waals surface area contributed by atoms with Crippen molar-refractivity contribution in [3.05, 3.63) is 58.9 Å². The average Bonchev–Trinajstić information content (AvgIpc) is 2.64. The number of nitrogens with one attached hydrogen (secondary N) is 2. The quantitative estimate of drug-likeness (QED) is 0.814. The van der Waals surface area contributed by atoms with E-state index in [2.05, 4.69) is 17.6 Å². The second kappa shape index (κ2) is 9.01. The molecule has 0 aromatic heterocycles. The van der Waals surface area contributed by atoms with Gasteiger partial charge < -0.3 is 15.4 Å². The molecule has 2 N–H and O–H groups in total. The Morgan fingerprint density at radius 3 is 2.69 bits per heavy atom. The topological polar surface area (TPSA) is 50.4 Å². The molecule has 0 fully saturated rings. The van der Waals surface area contributed by atoms with Gasteiger partial charge in [0.2, 0.25) is 0 Å². The molecule has 2 aromatic carbocycles. The second-order valence-corrected chi connectivity index (χ2v) is 6.31. The van der Waals surface area contributed by atoms with E-state index < -0.39 is 0 Å². The number of hydrogen-bond acceptors (Lipinski definition) is 3. The van der Waals surface area contributed by atoms with Gasteiger partial charge in [-0.05, 0) is 67.8 Å². The zero-order chi connectivity index (χ0) is 17.8. The molecule has 0 saturated carbocycles. The number of rotatable bonds is 5. The van der Waals surface area contributed by atoms with Gasteiger partial charge >= 0.3 is 0 Å². The summed E-state index contributed by atoms with van der Waals surface area (Å²) in [6.45, 7) is 5.46. The maximum absolute atomic E-state index is 14.6. The Hall–Kier alpha value is -2.11. The fourth-order valence-electron chi connectivity index (χ4n) is 2.83. The van der Waals surface area contributed by atoms with Crippen LogP contribution in [0.3, 0.4) is 0 Å². The van der Waals surface area contributed by atoms with E-state index in [1.165, 1.54) is 0 Å². The van der Waals surface area contributed by atoms with Gasteiger partial charge in [-0.15, -0.1) is 12.4 Å². The molecule has 0 radical (unpaired) electrons. The van der Waals surface area contributed by atoms with Crippen LogP contribution in [-0.4, -0.2) is 18.6 Å². The van der Waals surface area contributed by atoms with Crippen LogP contribution in [0.2, 0.25) is 0 Å². The van der Waals surface area contributed by atoms with E-state index in [0.717, 1.165) is 24.3 Å². The third kappa shape index (κ3) is 4.54. The summed E-state index contributed by atoms with van der Waals surface area (Å²) < 4.78 is 20.3. The monoisotopic (exact) mass is 378 g/mol. The highest BCUT2D eigenvalue weighted by atomic mass is 35.5. The summed E-state index contributed by atoms with van der Waals surface area (Å²) in [4.78, 5) is 12.4. The molecule has 1 amide bonds. The van der Waals surface area contributed by atoms with Crippen molar-refractivity contribution in [1.29, 1.82) is 0 Å². The van der Waals surface area contributed by atoms with Crippen molar-refractivity contribution >= 4 is 24.0 Å². The van der Waals surface area contributed by atoms with Crippen LogP contribution in [0.15, 0.2) is 36.4 Å². The number of hydrogen-bond donors (Lipinski definition) is 2. The van der Waals surface area contributed by atoms with Gasteiger partial charge in [0, 0.05) is 12.1 Å². The minimum absolute atomic E-state index is 0. The van der Waals surface area contributed by atoms with Crippen LogP contribution in [0.1, 0.15) is 41.8 Å². The molecule has 2 aromatic rings. The summed E-state index contributed by atoms with van der Waals surface area (Å²) in [6.07, 6.45) is 1.67. The smallest absolute Gasteiger partial charge is 0.255 e. The molecule has 0 saturated heterocycles. The molecule has 26 heavy (non-hydrogen) atoms. The van der Waals surface area contributed by atoms with Crippen molar-refractivity contribution < 1.29 is 13.9 Å². The number of anilines is 1. The Bertz CT molecular complexity index is 765. The molecular weight excluding hydrogens is 355 g/mol. The predicted octanol–water partition coefficient (Wildman–Crippen LogP) is 4.32. The molecule has 0 spiro atoms. The van der Waals surface area contributed by atoms with E-state index in [0.29, 0.717) is 24.1 Å². The molecular formula is C20H24ClFN2O2. The fourth-order valence-corrected chi connectivity index (χ4v) is 2.83. The van der Waals surface area contributed by atoms with E-state index >= 15 is 0 Å². The predicted molar refractivity (Wildman–Crippen MR) is 104 cm³/mol. The summed E-state index contributed by atoms with van der Waals surface area (Å²) in [7, 11) is 0. The van der Waals surface area contributed by atoms with Crippen LogP contribution in [0.5, 0.6) is 5.75 Å². The summed E-state index contributed by atoms with van der Waals surface area (Å²) in [6, 6.07) is 10.4. The Labute approximate surface area is 159 Å². The van der Waals surface area contributed by atoms with Crippen LogP contribution >= 0.6 is 12.4 Å². The molecule has 3 rings (SSSR count). The van der Waals surface area contributed by atoms with E-state index in [1.807, 2.05) is 13.0 Å². The maximum atomic E-state index is 14.6. The molecule has 1 heterocycles. The zero-order valence-electron chi connectivity index (χ0n) is 15.0. The highest BCUT2D eigenvalue weighted by Gasteiger charge is 2.18. The van der Waals surface area contributed by atoms with Crippen molar-refractivity contribution in [2.45, 2.75) is 39.3 Å². The Balaban J connectivity index is 0.00000243. The molecule has 140 valence electrons. The van der Waals surface area contributed by atoms with Crippen LogP contribution in [0.4, 0.5) is 10.1 Å². The molecule has 1 aliphatic rings. The fraction of sp³-hybridized carbons (Fsp3) is 0.350. The number of benzene rings is 2. The molecule has 0 aliphatic carbocycles. The molecule has 6 heteroatoms. The first-order valence-corrected chi connectivity index (χ1v) is 8.67. The van der Waals surface area contributed by atoms with Gasteiger partial charge in [0.1, 0.15) is 11.6 Å². The lowest BCUT2D eigenvalue weighted by Crippen LogP contribution is -2.25. The lowest BCUT2D eigenvalue weighted by atomic mass is 9.99. The number of carbonyl (C=O) groups is 1. The number of amides is 1. The largest absolute Gasteiger partial charge is 0.491 e. The van der Waals surface area contributed by atoms with E-state index in [1.54, 1.807) is 30.3 Å². The van der Waals surface area contributed by atoms with Crippen molar-refractivity contribution in [1.82, 2.24) is 5.32 Å². The number of fused-ring (bicyclic) bond motifs is 1. The molecule has 1 aliphatic heterocycles. The lowest BCUT2D eigenvalue weighted by Gasteiger charge is -2.19. The Morgan fingerprint density at radius 1 is 1.27 bits per heavy atom. The second-order valence-electron chi connectivity index (χ2n) is 6.31. The van der Waals surface area contributed by atoms with Crippen LogP contribution in [-0.2, 0) is 13.0 Å². The van der Waals surface area contributed by atoms with Gasteiger partial charge in [-0.25, -0.2) is 4.39 Å². The van der Waals surface area contributed by atoms with Crippen molar-refractivity contribution in [2.75, 3.05) is 11.9 Å². The minimum Gasteiger partial charge on any atom is -0.491 e. The molecule has 4 nitrogen and oxygen atoms in total. The van der Waals surface area contributed by atoms with Gasteiger partial charge in [0.25, 0.3) is 5.91 Å². The van der Waals surface area contributed by atoms with Gasteiger partial charge in [-0.2, -0.15) is 0 Å². The first kappa shape index (κ1) is 20.2. The van der Waals surface area contributed by atoms with Crippen molar-refractivity contribution in [3.63, 3.8) is 0 Å². The van der Waals surface area contributed by atoms with Crippen molar-refractivity contribution in [3.8, 4) is 5.75 Å². The summed E-state index contributed by atoms with van der Waals surface area (Å²) >= 11 is 0. The van der Waals surface area contributed by atoms with Crippen LogP contribution in [0, 0.1) is 5.82 Å². The molecule has 0 bridgehead atoms. The number of carbonyl (C=O) groups excluding carboxylic acids is 1. The van der Waals surface area contributed by atoms with Gasteiger partial charge in [-0.1, -0.05) is 13.0 Å². The maximum Gasteiger partial charge on any atom is 0.255 e. The normalized spacial score (nSPS) is 14.0. The summed E-state index contributed by atoms with van der Waals surface area (Å²) in [5, 5.41) is 5.88. The minimum atomic E-state index is -0.331.